The van der Waals surface area contributed by atoms with Gasteiger partial charge in [-0.1, -0.05) is 12.1 Å². The van der Waals surface area contributed by atoms with Crippen LogP contribution >= 0.6 is 11.3 Å². The van der Waals surface area contributed by atoms with E-state index < -0.39 is 16.0 Å². The van der Waals surface area contributed by atoms with Crippen LogP contribution in [0.1, 0.15) is 33.6 Å². The fraction of sp³-hybridized carbons (Fsp3) is 0.200. The number of aromatic carboxylic acids is 1. The number of nitrogens with one attached hydrogen (secondary N) is 1. The zero-order chi connectivity index (χ0) is 20.4. The monoisotopic (exact) mass is 430 g/mol. The molecule has 2 aromatic carbocycles. The fourth-order valence-corrected chi connectivity index (χ4v) is 5.32. The van der Waals surface area contributed by atoms with Crippen molar-refractivity contribution in [3.8, 4) is 5.75 Å². The zero-order valence-electron chi connectivity index (χ0n) is 15.3. The number of fused-ring (bicyclic) bond motifs is 1. The van der Waals surface area contributed by atoms with Gasteiger partial charge in [-0.25, -0.2) is 18.2 Å². The van der Waals surface area contributed by atoms with Gasteiger partial charge in [-0.3, -0.25) is 4.72 Å². The lowest BCUT2D eigenvalue weighted by Gasteiger charge is -2.15. The Morgan fingerprint density at radius 2 is 2.07 bits per heavy atom. The molecule has 9 heteroatoms. The predicted octanol–water partition coefficient (Wildman–Crippen LogP) is 3.71. The third-order valence-electron chi connectivity index (χ3n) is 4.70. The summed E-state index contributed by atoms with van der Waals surface area (Å²) in [5.74, 6) is -0.779. The number of sulfonamides is 1. The number of carbonyl (C=O) groups is 1. The molecule has 0 spiro atoms. The molecule has 4 rings (SSSR count). The molecule has 7 nitrogen and oxygen atoms in total. The van der Waals surface area contributed by atoms with Crippen LogP contribution in [-0.2, 0) is 29.5 Å². The molecular weight excluding hydrogens is 412 g/mol. The van der Waals surface area contributed by atoms with E-state index in [0.717, 1.165) is 17.7 Å². The molecule has 0 bridgehead atoms. The van der Waals surface area contributed by atoms with Crippen molar-refractivity contribution in [2.45, 2.75) is 30.8 Å². The molecular formula is C20H18N2O5S2. The average Bonchev–Trinajstić information content (AvgIpc) is 3.37. The Balaban J connectivity index is 1.66. The van der Waals surface area contributed by atoms with Crippen LogP contribution < -0.4 is 9.46 Å². The predicted molar refractivity (Wildman–Crippen MR) is 109 cm³/mol. The first-order valence-electron chi connectivity index (χ1n) is 8.95. The molecule has 0 atom stereocenters. The molecule has 2 N–H and O–H groups in total. The van der Waals surface area contributed by atoms with E-state index in [0.29, 0.717) is 24.2 Å². The lowest BCUT2D eigenvalue weighted by molar-refractivity contribution is 0.0696. The second kappa shape index (κ2) is 7.84. The maximum absolute atomic E-state index is 13.2. The van der Waals surface area contributed by atoms with Crippen molar-refractivity contribution < 1.29 is 23.1 Å². The second-order valence-electron chi connectivity index (χ2n) is 6.64. The number of para-hydroxylation sites is 2. The number of ether oxygens (including phenoxy) is 1. The van der Waals surface area contributed by atoms with Crippen LogP contribution in [0.5, 0.6) is 5.75 Å². The van der Waals surface area contributed by atoms with Crippen molar-refractivity contribution in [1.29, 1.82) is 0 Å². The van der Waals surface area contributed by atoms with Gasteiger partial charge in [0.15, 0.2) is 0 Å². The van der Waals surface area contributed by atoms with Gasteiger partial charge >= 0.3 is 5.97 Å². The number of hydrogen-bond donors (Lipinski definition) is 2. The van der Waals surface area contributed by atoms with E-state index in [-0.39, 0.29) is 22.8 Å². The number of anilines is 1. The summed E-state index contributed by atoms with van der Waals surface area (Å²) in [6, 6.07) is 9.52. The molecule has 1 aromatic heterocycles. The Bertz CT molecular complexity index is 1160. The number of benzene rings is 2. The molecule has 29 heavy (non-hydrogen) atoms. The molecule has 150 valence electrons. The third-order valence-corrected chi connectivity index (χ3v) is 6.77. The molecule has 0 fully saturated rings. The summed E-state index contributed by atoms with van der Waals surface area (Å²) >= 11 is 1.45. The minimum Gasteiger partial charge on any atom is -0.485 e. The number of hydrogen-bond acceptors (Lipinski definition) is 6. The van der Waals surface area contributed by atoms with E-state index >= 15 is 0 Å². The summed E-state index contributed by atoms with van der Waals surface area (Å²) in [5.41, 5.74) is 4.17. The number of nitrogens with zero attached hydrogens (tertiary/aromatic N) is 1. The molecule has 0 saturated carbocycles. The molecule has 0 radical (unpaired) electrons. The van der Waals surface area contributed by atoms with Gasteiger partial charge in [-0.05, 0) is 54.7 Å². The van der Waals surface area contributed by atoms with E-state index in [1.54, 1.807) is 35.8 Å². The minimum atomic E-state index is -4.00. The molecule has 3 aromatic rings. The smallest absolute Gasteiger partial charge is 0.335 e. The summed E-state index contributed by atoms with van der Waals surface area (Å²) < 4.78 is 34.6. The minimum absolute atomic E-state index is 0.0132. The van der Waals surface area contributed by atoms with Gasteiger partial charge in [-0.2, -0.15) is 0 Å². The number of aryl methyl sites for hydroxylation is 1. The maximum atomic E-state index is 13.2. The van der Waals surface area contributed by atoms with Crippen molar-refractivity contribution in [3.05, 3.63) is 69.7 Å². The van der Waals surface area contributed by atoms with Crippen molar-refractivity contribution in [3.63, 3.8) is 0 Å². The summed E-state index contributed by atoms with van der Waals surface area (Å²) in [5, 5.41) is 11.2. The second-order valence-corrected chi connectivity index (χ2v) is 9.01. The molecule has 0 amide bonds. The number of rotatable bonds is 7. The fourth-order valence-electron chi connectivity index (χ4n) is 3.37. The third kappa shape index (κ3) is 4.10. The van der Waals surface area contributed by atoms with Gasteiger partial charge in [0, 0.05) is 5.38 Å². The van der Waals surface area contributed by atoms with Crippen LogP contribution in [0.4, 0.5) is 5.69 Å². The largest absolute Gasteiger partial charge is 0.485 e. The summed E-state index contributed by atoms with van der Waals surface area (Å²) in [6.07, 6.45) is 2.08. The number of carboxylic acid groups (broad SMARTS) is 1. The van der Waals surface area contributed by atoms with Crippen molar-refractivity contribution >= 4 is 33.0 Å². The van der Waals surface area contributed by atoms with Gasteiger partial charge < -0.3 is 9.84 Å². The molecule has 0 aliphatic heterocycles. The Kier molecular flexibility index (Phi) is 5.25. The SMILES string of the molecule is O=C(O)c1cc2c(c(S(=O)(=O)Nc3ccccc3OCc3cscn3)c1)CCC2. The van der Waals surface area contributed by atoms with Gasteiger partial charge in [0.25, 0.3) is 10.0 Å². The van der Waals surface area contributed by atoms with Crippen molar-refractivity contribution in [2.75, 3.05) is 4.72 Å². The van der Waals surface area contributed by atoms with E-state index in [2.05, 4.69) is 9.71 Å². The lowest BCUT2D eigenvalue weighted by Crippen LogP contribution is -2.17. The summed E-state index contributed by atoms with van der Waals surface area (Å²) in [7, 11) is -4.00. The van der Waals surface area contributed by atoms with Crippen LogP contribution in [0, 0.1) is 0 Å². The number of carboxylic acids is 1. The van der Waals surface area contributed by atoms with Gasteiger partial charge in [0.2, 0.25) is 0 Å². The van der Waals surface area contributed by atoms with Crippen molar-refractivity contribution in [1.82, 2.24) is 4.98 Å². The maximum Gasteiger partial charge on any atom is 0.335 e. The molecule has 0 saturated heterocycles. The first-order valence-corrected chi connectivity index (χ1v) is 11.4. The van der Waals surface area contributed by atoms with E-state index in [1.165, 1.54) is 17.4 Å². The van der Waals surface area contributed by atoms with Crippen molar-refractivity contribution in [2.24, 2.45) is 0 Å². The standard InChI is InChI=1S/C20H18N2O5S2/c23-20(24)14-8-13-4-3-5-16(13)19(9-14)29(25,26)22-17-6-1-2-7-18(17)27-10-15-11-28-12-21-15/h1-2,6-9,11-12,22H,3-5,10H2,(H,23,24). The highest BCUT2D eigenvalue weighted by Gasteiger charge is 2.27. The van der Waals surface area contributed by atoms with E-state index in [9.17, 15) is 18.3 Å². The Morgan fingerprint density at radius 3 is 2.83 bits per heavy atom. The Labute approximate surface area is 172 Å². The Morgan fingerprint density at radius 1 is 1.24 bits per heavy atom. The molecule has 1 aliphatic carbocycles. The van der Waals surface area contributed by atoms with Crippen LogP contribution in [0.2, 0.25) is 0 Å². The quantitative estimate of drug-likeness (QED) is 0.592. The van der Waals surface area contributed by atoms with Gasteiger partial charge in [0.05, 0.1) is 27.4 Å². The topological polar surface area (TPSA) is 106 Å². The van der Waals surface area contributed by atoms with Crippen LogP contribution in [0.15, 0.2) is 52.2 Å². The van der Waals surface area contributed by atoms with Gasteiger partial charge in [-0.15, -0.1) is 11.3 Å². The average molecular weight is 431 g/mol. The van der Waals surface area contributed by atoms with E-state index in [4.69, 9.17) is 4.74 Å². The van der Waals surface area contributed by atoms with E-state index in [1.807, 2.05) is 5.38 Å². The van der Waals surface area contributed by atoms with Crippen LogP contribution in [-0.4, -0.2) is 24.5 Å². The molecule has 0 unspecified atom stereocenters. The zero-order valence-corrected chi connectivity index (χ0v) is 16.9. The first kappa shape index (κ1) is 19.4. The Hall–Kier alpha value is -2.91. The first-order chi connectivity index (χ1) is 13.9. The van der Waals surface area contributed by atoms with Gasteiger partial charge in [0.1, 0.15) is 12.4 Å². The highest BCUT2D eigenvalue weighted by molar-refractivity contribution is 7.92. The summed E-state index contributed by atoms with van der Waals surface area (Å²) in [6.45, 7) is 0.214. The van der Waals surface area contributed by atoms with Crippen LogP contribution in [0.25, 0.3) is 0 Å². The molecule has 1 heterocycles. The molecule has 1 aliphatic rings. The highest BCUT2D eigenvalue weighted by Crippen LogP contribution is 2.33. The number of thiazole rings is 1. The highest BCUT2D eigenvalue weighted by atomic mass is 32.2. The van der Waals surface area contributed by atoms with Crippen LogP contribution in [0.3, 0.4) is 0 Å². The number of aromatic nitrogens is 1. The normalized spacial score (nSPS) is 13.1. The summed E-state index contributed by atoms with van der Waals surface area (Å²) in [4.78, 5) is 15.6. The lowest BCUT2D eigenvalue weighted by atomic mass is 10.1.